The number of aromatic nitrogens is 2. The van der Waals surface area contributed by atoms with E-state index in [1.54, 1.807) is 0 Å². The number of hydrogen-bond acceptors (Lipinski definition) is 7. The van der Waals surface area contributed by atoms with Gasteiger partial charge < -0.3 is 10.6 Å². The van der Waals surface area contributed by atoms with Gasteiger partial charge >= 0.3 is 6.03 Å². The molecule has 1 aromatic rings. The molecular formula is C12H21N5O2S2. The molecule has 0 aliphatic heterocycles. The van der Waals surface area contributed by atoms with E-state index in [0.29, 0.717) is 16.8 Å². The van der Waals surface area contributed by atoms with Crippen molar-refractivity contribution < 1.29 is 9.59 Å². The van der Waals surface area contributed by atoms with Crippen LogP contribution < -0.4 is 16.0 Å². The van der Waals surface area contributed by atoms with Crippen molar-refractivity contribution in [2.45, 2.75) is 31.5 Å². The number of imide groups is 1. The maximum Gasteiger partial charge on any atom is 0.321 e. The summed E-state index contributed by atoms with van der Waals surface area (Å²) in [6, 6.07) is -0.459. The summed E-state index contributed by atoms with van der Waals surface area (Å²) in [6.07, 6.45) is 0.827. The van der Waals surface area contributed by atoms with Gasteiger partial charge in [0.2, 0.25) is 11.0 Å². The molecule has 0 saturated carbocycles. The van der Waals surface area contributed by atoms with E-state index in [-0.39, 0.29) is 11.7 Å². The van der Waals surface area contributed by atoms with Crippen molar-refractivity contribution in [2.75, 3.05) is 24.2 Å². The van der Waals surface area contributed by atoms with Crippen LogP contribution in [0.3, 0.4) is 0 Å². The Morgan fingerprint density at radius 3 is 2.76 bits per heavy atom. The normalized spacial score (nSPS) is 10.5. The Morgan fingerprint density at radius 1 is 1.33 bits per heavy atom. The summed E-state index contributed by atoms with van der Waals surface area (Å²) in [7, 11) is 0. The van der Waals surface area contributed by atoms with Crippen LogP contribution in [-0.4, -0.2) is 41.0 Å². The highest BCUT2D eigenvalue weighted by atomic mass is 32.2. The smallest absolute Gasteiger partial charge is 0.321 e. The van der Waals surface area contributed by atoms with Gasteiger partial charge in [-0.3, -0.25) is 10.1 Å². The molecule has 1 heterocycles. The second-order valence-corrected chi connectivity index (χ2v) is 6.94. The molecule has 9 heteroatoms. The van der Waals surface area contributed by atoms with E-state index in [4.69, 9.17) is 0 Å². The lowest BCUT2D eigenvalue weighted by atomic mass is 10.2. The molecule has 0 spiro atoms. The largest absolute Gasteiger partial charge is 0.360 e. The summed E-state index contributed by atoms with van der Waals surface area (Å²) < 4.78 is 0.699. The molecule has 21 heavy (non-hydrogen) atoms. The third-order valence-electron chi connectivity index (χ3n) is 2.18. The quantitative estimate of drug-likeness (QED) is 0.630. The van der Waals surface area contributed by atoms with E-state index in [2.05, 4.69) is 40.0 Å². The Balaban J connectivity index is 2.28. The molecule has 3 N–H and O–H groups in total. The molecule has 0 saturated heterocycles. The molecule has 0 unspecified atom stereocenters. The zero-order valence-corrected chi connectivity index (χ0v) is 14.1. The van der Waals surface area contributed by atoms with E-state index in [1.165, 1.54) is 23.1 Å². The van der Waals surface area contributed by atoms with Crippen LogP contribution in [0.15, 0.2) is 4.34 Å². The molecule has 7 nitrogen and oxygen atoms in total. The standard InChI is InChI=1S/C12H21N5O2S2/c1-4-5-13-10(19)15-9(18)7-20-12-17-16-11(21-12)14-6-8(2)3/h8H,4-7H2,1-3H3,(H,14,16)(H2,13,15,18,19). The number of carbonyl (C=O) groups is 2. The molecule has 0 aromatic carbocycles. The van der Waals surface area contributed by atoms with Crippen LogP contribution in [0.25, 0.3) is 0 Å². The molecule has 1 rings (SSSR count). The molecular weight excluding hydrogens is 310 g/mol. The lowest BCUT2D eigenvalue weighted by Crippen LogP contribution is -2.40. The van der Waals surface area contributed by atoms with Crippen LogP contribution in [-0.2, 0) is 4.79 Å². The number of urea groups is 1. The topological polar surface area (TPSA) is 96.0 Å². The van der Waals surface area contributed by atoms with Gasteiger partial charge in [0, 0.05) is 13.1 Å². The van der Waals surface area contributed by atoms with Crippen LogP contribution in [0, 0.1) is 5.92 Å². The summed E-state index contributed by atoms with van der Waals surface area (Å²) in [6.45, 7) is 7.54. The number of nitrogens with one attached hydrogen (secondary N) is 3. The Morgan fingerprint density at radius 2 is 2.10 bits per heavy atom. The minimum Gasteiger partial charge on any atom is -0.360 e. The lowest BCUT2D eigenvalue weighted by Gasteiger charge is -2.04. The molecule has 0 aliphatic rings. The number of amides is 3. The van der Waals surface area contributed by atoms with Crippen molar-refractivity contribution in [3.05, 3.63) is 0 Å². The summed E-state index contributed by atoms with van der Waals surface area (Å²) in [5.74, 6) is 0.316. The first-order valence-electron chi connectivity index (χ1n) is 6.79. The van der Waals surface area contributed by atoms with Gasteiger partial charge in [0.1, 0.15) is 0 Å². The van der Waals surface area contributed by atoms with Gasteiger partial charge in [-0.05, 0) is 12.3 Å². The van der Waals surface area contributed by atoms with Crippen LogP contribution >= 0.6 is 23.1 Å². The van der Waals surface area contributed by atoms with Crippen LogP contribution in [0.5, 0.6) is 0 Å². The minimum absolute atomic E-state index is 0.137. The maximum absolute atomic E-state index is 11.6. The van der Waals surface area contributed by atoms with Crippen molar-refractivity contribution in [3.63, 3.8) is 0 Å². The number of hydrogen-bond donors (Lipinski definition) is 3. The highest BCUT2D eigenvalue weighted by Crippen LogP contribution is 2.25. The summed E-state index contributed by atoms with van der Waals surface area (Å²) in [5.41, 5.74) is 0. The van der Waals surface area contributed by atoms with Crippen LogP contribution in [0.4, 0.5) is 9.93 Å². The number of thioether (sulfide) groups is 1. The van der Waals surface area contributed by atoms with Crippen molar-refractivity contribution in [1.29, 1.82) is 0 Å². The molecule has 1 aromatic heterocycles. The van der Waals surface area contributed by atoms with E-state index >= 15 is 0 Å². The summed E-state index contributed by atoms with van der Waals surface area (Å²) in [4.78, 5) is 22.8. The first-order chi connectivity index (χ1) is 10.0. The van der Waals surface area contributed by atoms with Crippen molar-refractivity contribution in [1.82, 2.24) is 20.8 Å². The van der Waals surface area contributed by atoms with E-state index < -0.39 is 6.03 Å². The van der Waals surface area contributed by atoms with Gasteiger partial charge in [0.15, 0.2) is 4.34 Å². The molecule has 0 radical (unpaired) electrons. The van der Waals surface area contributed by atoms with E-state index in [1.807, 2.05) is 6.92 Å². The maximum atomic E-state index is 11.6. The monoisotopic (exact) mass is 331 g/mol. The first-order valence-corrected chi connectivity index (χ1v) is 8.59. The van der Waals surface area contributed by atoms with Gasteiger partial charge in [0.05, 0.1) is 5.75 Å². The average molecular weight is 331 g/mol. The van der Waals surface area contributed by atoms with Crippen molar-refractivity contribution in [3.8, 4) is 0 Å². The van der Waals surface area contributed by atoms with Crippen LogP contribution in [0.1, 0.15) is 27.2 Å². The Bertz CT molecular complexity index is 464. The molecule has 3 amide bonds. The van der Waals surface area contributed by atoms with Gasteiger partial charge in [-0.25, -0.2) is 4.79 Å². The van der Waals surface area contributed by atoms with Gasteiger partial charge in [-0.1, -0.05) is 43.9 Å². The predicted octanol–water partition coefficient (Wildman–Crippen LogP) is 1.93. The van der Waals surface area contributed by atoms with Gasteiger partial charge in [-0.15, -0.1) is 10.2 Å². The molecule has 0 aliphatic carbocycles. The third kappa shape index (κ3) is 7.86. The molecule has 118 valence electrons. The Labute approximate surface area is 132 Å². The van der Waals surface area contributed by atoms with E-state index in [0.717, 1.165) is 18.1 Å². The highest BCUT2D eigenvalue weighted by Gasteiger charge is 2.10. The third-order valence-corrected chi connectivity index (χ3v) is 4.20. The fourth-order valence-electron chi connectivity index (χ4n) is 1.20. The second kappa shape index (κ2) is 9.56. The number of anilines is 1. The fourth-order valence-corrected chi connectivity index (χ4v) is 2.76. The number of rotatable bonds is 8. The average Bonchev–Trinajstić information content (AvgIpc) is 2.88. The molecule has 0 fully saturated rings. The Hall–Kier alpha value is -1.35. The zero-order chi connectivity index (χ0) is 15.7. The van der Waals surface area contributed by atoms with Gasteiger partial charge in [-0.2, -0.15) is 0 Å². The van der Waals surface area contributed by atoms with Crippen LogP contribution in [0.2, 0.25) is 0 Å². The lowest BCUT2D eigenvalue weighted by molar-refractivity contribution is -0.117. The van der Waals surface area contributed by atoms with Gasteiger partial charge in [0.25, 0.3) is 0 Å². The summed E-state index contributed by atoms with van der Waals surface area (Å²) in [5, 5.41) is 16.7. The predicted molar refractivity (Wildman–Crippen MR) is 85.8 cm³/mol. The zero-order valence-electron chi connectivity index (χ0n) is 12.4. The second-order valence-electron chi connectivity index (χ2n) is 4.74. The number of nitrogens with zero attached hydrogens (tertiary/aromatic N) is 2. The Kier molecular flexibility index (Phi) is 8.06. The minimum atomic E-state index is -0.459. The number of carbonyl (C=O) groups excluding carboxylic acids is 2. The summed E-state index contributed by atoms with van der Waals surface area (Å²) >= 11 is 2.66. The first kappa shape index (κ1) is 17.7. The SMILES string of the molecule is CCCNC(=O)NC(=O)CSc1nnc(NCC(C)C)s1. The fraction of sp³-hybridized carbons (Fsp3) is 0.667. The molecule has 0 bridgehead atoms. The van der Waals surface area contributed by atoms with Crippen molar-refractivity contribution in [2.24, 2.45) is 5.92 Å². The van der Waals surface area contributed by atoms with E-state index in [9.17, 15) is 9.59 Å². The highest BCUT2D eigenvalue weighted by molar-refractivity contribution is 8.01. The molecule has 0 atom stereocenters. The van der Waals surface area contributed by atoms with Crippen molar-refractivity contribution >= 4 is 40.2 Å².